The average molecular weight is 348 g/mol. The number of hydrogen-bond acceptors (Lipinski definition) is 2. The summed E-state index contributed by atoms with van der Waals surface area (Å²) in [5.41, 5.74) is 2.30. The van der Waals surface area contributed by atoms with Crippen molar-refractivity contribution < 1.29 is 9.13 Å². The summed E-state index contributed by atoms with van der Waals surface area (Å²) >= 11 is 3.09. The molecule has 0 aliphatic rings. The van der Waals surface area contributed by atoms with Crippen LogP contribution in [0.25, 0.3) is 0 Å². The van der Waals surface area contributed by atoms with Crippen LogP contribution < -0.4 is 4.74 Å². The molecule has 21 heavy (non-hydrogen) atoms. The zero-order valence-electron chi connectivity index (χ0n) is 12.1. The first-order valence-corrected chi connectivity index (χ1v) is 7.39. The minimum absolute atomic E-state index is 0.105. The van der Waals surface area contributed by atoms with Gasteiger partial charge in [0, 0.05) is 0 Å². The summed E-state index contributed by atoms with van der Waals surface area (Å²) in [5.74, 6) is 0.449. The van der Waals surface area contributed by atoms with E-state index in [0.29, 0.717) is 5.75 Å². The standard InChI is InChI=1S/C17H15BrFNO/c1-10(2)13-6-4-11(3)8-15(13)21-14-7-5-12(9-20)16(18)17(14)19/h4-8,10H,1-3H3. The summed E-state index contributed by atoms with van der Waals surface area (Å²) in [6.45, 7) is 6.08. The van der Waals surface area contributed by atoms with Crippen LogP contribution in [-0.4, -0.2) is 0 Å². The lowest BCUT2D eigenvalue weighted by Gasteiger charge is -2.15. The van der Waals surface area contributed by atoms with Gasteiger partial charge in [-0.3, -0.25) is 0 Å². The van der Waals surface area contributed by atoms with Gasteiger partial charge in [-0.05, 0) is 58.1 Å². The Labute approximate surface area is 132 Å². The first kappa shape index (κ1) is 15.5. The zero-order valence-corrected chi connectivity index (χ0v) is 13.7. The maximum absolute atomic E-state index is 14.2. The topological polar surface area (TPSA) is 33.0 Å². The Morgan fingerprint density at radius 1 is 1.19 bits per heavy atom. The van der Waals surface area contributed by atoms with E-state index in [1.165, 1.54) is 12.1 Å². The number of ether oxygens (including phenoxy) is 1. The van der Waals surface area contributed by atoms with Crippen LogP contribution in [-0.2, 0) is 0 Å². The maximum atomic E-state index is 14.2. The highest BCUT2D eigenvalue weighted by Crippen LogP contribution is 2.35. The smallest absolute Gasteiger partial charge is 0.181 e. The monoisotopic (exact) mass is 347 g/mol. The molecule has 0 atom stereocenters. The Bertz CT molecular complexity index is 719. The van der Waals surface area contributed by atoms with Crippen molar-refractivity contribution in [2.45, 2.75) is 26.7 Å². The number of nitriles is 1. The van der Waals surface area contributed by atoms with E-state index in [9.17, 15) is 4.39 Å². The third-order valence-electron chi connectivity index (χ3n) is 3.18. The lowest BCUT2D eigenvalue weighted by molar-refractivity contribution is 0.433. The van der Waals surface area contributed by atoms with Gasteiger partial charge in [0.2, 0.25) is 0 Å². The second kappa shape index (κ2) is 6.28. The van der Waals surface area contributed by atoms with Gasteiger partial charge in [0.1, 0.15) is 11.8 Å². The van der Waals surface area contributed by atoms with Gasteiger partial charge in [-0.15, -0.1) is 0 Å². The summed E-state index contributed by atoms with van der Waals surface area (Å²) in [6.07, 6.45) is 0. The first-order valence-electron chi connectivity index (χ1n) is 6.60. The van der Waals surface area contributed by atoms with Gasteiger partial charge in [-0.25, -0.2) is 4.39 Å². The molecular weight excluding hydrogens is 333 g/mol. The van der Waals surface area contributed by atoms with E-state index in [1.54, 1.807) is 0 Å². The molecule has 0 aliphatic heterocycles. The summed E-state index contributed by atoms with van der Waals surface area (Å²) in [7, 11) is 0. The molecule has 2 aromatic rings. The van der Waals surface area contributed by atoms with Crippen molar-refractivity contribution in [1.82, 2.24) is 0 Å². The van der Waals surface area contributed by atoms with Gasteiger partial charge in [0.25, 0.3) is 0 Å². The van der Waals surface area contributed by atoms with Crippen LogP contribution in [0.2, 0.25) is 0 Å². The molecule has 2 rings (SSSR count). The molecular formula is C17H15BrFNO. The molecule has 0 unspecified atom stereocenters. The third kappa shape index (κ3) is 3.25. The molecule has 0 amide bonds. The van der Waals surface area contributed by atoms with E-state index in [4.69, 9.17) is 10.00 Å². The number of nitrogens with zero attached hydrogens (tertiary/aromatic N) is 1. The van der Waals surface area contributed by atoms with E-state index in [1.807, 2.05) is 31.2 Å². The van der Waals surface area contributed by atoms with E-state index in [-0.39, 0.29) is 21.7 Å². The lowest BCUT2D eigenvalue weighted by atomic mass is 10.0. The molecule has 0 heterocycles. The van der Waals surface area contributed by atoms with Gasteiger partial charge < -0.3 is 4.74 Å². The molecule has 0 spiro atoms. The van der Waals surface area contributed by atoms with Gasteiger partial charge in [-0.2, -0.15) is 5.26 Å². The van der Waals surface area contributed by atoms with E-state index < -0.39 is 5.82 Å². The molecule has 4 heteroatoms. The molecule has 0 N–H and O–H groups in total. The Hall–Kier alpha value is -1.86. The summed E-state index contributed by atoms with van der Waals surface area (Å²) in [6, 6.07) is 10.8. The van der Waals surface area contributed by atoms with Crippen molar-refractivity contribution in [1.29, 1.82) is 5.26 Å². The maximum Gasteiger partial charge on any atom is 0.181 e. The van der Waals surface area contributed by atoms with Gasteiger partial charge in [-0.1, -0.05) is 26.0 Å². The van der Waals surface area contributed by atoms with Crippen LogP contribution in [0.3, 0.4) is 0 Å². The molecule has 0 radical (unpaired) electrons. The van der Waals surface area contributed by atoms with Crippen molar-refractivity contribution in [2.24, 2.45) is 0 Å². The average Bonchev–Trinajstić information content (AvgIpc) is 2.44. The number of halogens is 2. The van der Waals surface area contributed by atoms with E-state index >= 15 is 0 Å². The zero-order chi connectivity index (χ0) is 15.6. The number of benzene rings is 2. The first-order chi connectivity index (χ1) is 9.93. The van der Waals surface area contributed by atoms with Crippen LogP contribution in [0, 0.1) is 24.1 Å². The molecule has 108 valence electrons. The summed E-state index contributed by atoms with van der Waals surface area (Å²) in [5, 5.41) is 8.89. The quantitative estimate of drug-likeness (QED) is 0.714. The van der Waals surface area contributed by atoms with Crippen molar-refractivity contribution >= 4 is 15.9 Å². The lowest BCUT2D eigenvalue weighted by Crippen LogP contribution is -1.97. The highest BCUT2D eigenvalue weighted by Gasteiger charge is 2.15. The Morgan fingerprint density at radius 2 is 1.90 bits per heavy atom. The summed E-state index contributed by atoms with van der Waals surface area (Å²) < 4.78 is 20.1. The molecule has 0 bridgehead atoms. The second-order valence-electron chi connectivity index (χ2n) is 5.15. The number of hydrogen-bond donors (Lipinski definition) is 0. The molecule has 0 fully saturated rings. The summed E-state index contributed by atoms with van der Waals surface area (Å²) in [4.78, 5) is 0. The second-order valence-corrected chi connectivity index (χ2v) is 5.94. The molecule has 0 aliphatic carbocycles. The van der Waals surface area contributed by atoms with Crippen molar-refractivity contribution in [3.63, 3.8) is 0 Å². The fourth-order valence-electron chi connectivity index (χ4n) is 2.02. The van der Waals surface area contributed by atoms with Gasteiger partial charge in [0.05, 0.1) is 10.0 Å². The minimum atomic E-state index is -0.565. The van der Waals surface area contributed by atoms with Crippen LogP contribution >= 0.6 is 15.9 Å². The molecule has 2 aromatic carbocycles. The minimum Gasteiger partial charge on any atom is -0.454 e. The predicted molar refractivity (Wildman–Crippen MR) is 84.2 cm³/mol. The van der Waals surface area contributed by atoms with Gasteiger partial charge in [0.15, 0.2) is 11.6 Å². The highest BCUT2D eigenvalue weighted by atomic mass is 79.9. The fraction of sp³-hybridized carbons (Fsp3) is 0.235. The molecule has 0 saturated carbocycles. The number of rotatable bonds is 3. The SMILES string of the molecule is Cc1ccc(C(C)C)c(Oc2ccc(C#N)c(Br)c2F)c1. The molecule has 0 saturated heterocycles. The van der Waals surface area contributed by atoms with Crippen LogP contribution in [0.5, 0.6) is 11.5 Å². The van der Waals surface area contributed by atoms with E-state index in [0.717, 1.165) is 11.1 Å². The fourth-order valence-corrected chi connectivity index (χ4v) is 2.44. The Morgan fingerprint density at radius 3 is 2.52 bits per heavy atom. The van der Waals surface area contributed by atoms with Crippen LogP contribution in [0.1, 0.15) is 36.5 Å². The van der Waals surface area contributed by atoms with Crippen LogP contribution in [0.15, 0.2) is 34.8 Å². The molecule has 2 nitrogen and oxygen atoms in total. The van der Waals surface area contributed by atoms with Crippen molar-refractivity contribution in [3.8, 4) is 17.6 Å². The highest BCUT2D eigenvalue weighted by molar-refractivity contribution is 9.10. The molecule has 0 aromatic heterocycles. The van der Waals surface area contributed by atoms with Crippen molar-refractivity contribution in [3.05, 3.63) is 57.3 Å². The van der Waals surface area contributed by atoms with Gasteiger partial charge >= 0.3 is 0 Å². The normalized spacial score (nSPS) is 10.5. The Kier molecular flexibility index (Phi) is 4.64. The largest absolute Gasteiger partial charge is 0.454 e. The predicted octanol–water partition coefficient (Wildman–Crippen LogP) is 5.68. The van der Waals surface area contributed by atoms with Crippen molar-refractivity contribution in [2.75, 3.05) is 0 Å². The Balaban J connectivity index is 2.46. The van der Waals surface area contributed by atoms with E-state index in [2.05, 4.69) is 29.8 Å². The number of aryl methyl sites for hydroxylation is 1. The van der Waals surface area contributed by atoms with Crippen LogP contribution in [0.4, 0.5) is 4.39 Å². The third-order valence-corrected chi connectivity index (χ3v) is 3.95.